The monoisotopic (exact) mass is 649 g/mol. The maximum atomic E-state index is 13.1. The number of carbonyl (C=O) groups excluding carboxylic acids is 1. The van der Waals surface area contributed by atoms with Gasteiger partial charge in [0.2, 0.25) is 0 Å². The lowest BCUT2D eigenvalue weighted by Crippen LogP contribution is -2.47. The maximum absolute atomic E-state index is 13.1. The molecule has 1 heterocycles. The van der Waals surface area contributed by atoms with E-state index in [9.17, 15) is 23.6 Å². The van der Waals surface area contributed by atoms with Crippen molar-refractivity contribution in [2.45, 2.75) is 38.0 Å². The van der Waals surface area contributed by atoms with Gasteiger partial charge in [-0.25, -0.2) is 9.18 Å². The molecular weight excluding hydrogens is 616 g/mol. The second kappa shape index (κ2) is 17.4. The van der Waals surface area contributed by atoms with Crippen LogP contribution in [0.5, 0.6) is 5.75 Å². The first kappa shape index (κ1) is 37.3. The Bertz CT molecular complexity index is 1250. The summed E-state index contributed by atoms with van der Waals surface area (Å²) in [4.78, 5) is 45.4. The molecule has 0 radical (unpaired) electrons. The zero-order valence-electron chi connectivity index (χ0n) is 23.1. The third-order valence-corrected chi connectivity index (χ3v) is 6.29. The molecule has 0 saturated carbocycles. The highest BCUT2D eigenvalue weighted by Crippen LogP contribution is 2.29. The van der Waals surface area contributed by atoms with E-state index in [2.05, 4.69) is 10.2 Å². The lowest BCUT2D eigenvalue weighted by Gasteiger charge is -2.33. The summed E-state index contributed by atoms with van der Waals surface area (Å²) in [5, 5.41) is 37.0. The third-order valence-electron chi connectivity index (χ3n) is 5.96. The molecule has 1 unspecified atom stereocenters. The van der Waals surface area contributed by atoms with Gasteiger partial charge in [0.15, 0.2) is 5.60 Å². The van der Waals surface area contributed by atoms with E-state index in [4.69, 9.17) is 47.2 Å². The number of halogens is 3. The van der Waals surface area contributed by atoms with Crippen molar-refractivity contribution in [3.63, 3.8) is 0 Å². The average Bonchev–Trinajstić information content (AvgIpc) is 2.90. The summed E-state index contributed by atoms with van der Waals surface area (Å²) in [5.74, 6) is -5.16. The van der Waals surface area contributed by atoms with Crippen molar-refractivity contribution in [1.82, 2.24) is 10.2 Å². The summed E-state index contributed by atoms with van der Waals surface area (Å²) in [6, 6.07) is 9.55. The number of aliphatic carboxylic acids is 3. The number of aliphatic hydroxyl groups is 1. The fourth-order valence-electron chi connectivity index (χ4n) is 3.93. The lowest BCUT2D eigenvalue weighted by atomic mass is 9.96. The van der Waals surface area contributed by atoms with Gasteiger partial charge in [0, 0.05) is 32.2 Å². The van der Waals surface area contributed by atoms with E-state index in [1.807, 2.05) is 6.92 Å². The molecule has 1 aliphatic heterocycles. The van der Waals surface area contributed by atoms with Gasteiger partial charge in [-0.3, -0.25) is 19.3 Å². The largest absolute Gasteiger partial charge is 0.493 e. The van der Waals surface area contributed by atoms with E-state index >= 15 is 0 Å². The molecular formula is C27H34Cl2FN3O10. The summed E-state index contributed by atoms with van der Waals surface area (Å²) < 4.78 is 24.4. The second-order valence-corrected chi connectivity index (χ2v) is 9.75. The lowest BCUT2D eigenvalue weighted by molar-refractivity contribution is -0.170. The Morgan fingerprint density at radius 2 is 1.74 bits per heavy atom. The fourth-order valence-corrected chi connectivity index (χ4v) is 4.10. The maximum Gasteiger partial charge on any atom is 0.336 e. The molecule has 3 rings (SSSR count). The van der Waals surface area contributed by atoms with E-state index in [1.54, 1.807) is 18.2 Å². The molecule has 43 heavy (non-hydrogen) atoms. The molecule has 16 heteroatoms. The summed E-state index contributed by atoms with van der Waals surface area (Å²) in [6.45, 7) is 5.31. The molecule has 1 atom stereocenters. The van der Waals surface area contributed by atoms with Crippen LogP contribution in [0.2, 0.25) is 5.02 Å². The number of nitrogens with one attached hydrogen (secondary N) is 1. The Kier molecular flexibility index (Phi) is 15.1. The highest BCUT2D eigenvalue weighted by Gasteiger charge is 2.40. The summed E-state index contributed by atoms with van der Waals surface area (Å²) >= 11 is 6.07. The number of benzene rings is 2. The number of morpholine rings is 1. The number of nitrogens with two attached hydrogens (primary N) is 1. The van der Waals surface area contributed by atoms with Crippen LogP contribution in [0.1, 0.15) is 35.7 Å². The van der Waals surface area contributed by atoms with Crippen LogP contribution >= 0.6 is 24.0 Å². The van der Waals surface area contributed by atoms with E-state index < -0.39 is 36.4 Å². The molecule has 0 aliphatic carbocycles. The zero-order valence-corrected chi connectivity index (χ0v) is 24.7. The molecule has 2 aromatic rings. The number of nitrogen functional groups attached to an aromatic ring is 1. The van der Waals surface area contributed by atoms with Crippen LogP contribution in [-0.2, 0) is 25.7 Å². The van der Waals surface area contributed by atoms with Crippen LogP contribution in [-0.4, -0.2) is 93.7 Å². The first-order chi connectivity index (χ1) is 19.7. The predicted molar refractivity (Wildman–Crippen MR) is 155 cm³/mol. The molecule has 1 aliphatic rings. The van der Waals surface area contributed by atoms with Crippen LogP contribution < -0.4 is 15.8 Å². The summed E-state index contributed by atoms with van der Waals surface area (Å²) in [7, 11) is 0. The van der Waals surface area contributed by atoms with Crippen LogP contribution in [0.15, 0.2) is 36.4 Å². The smallest absolute Gasteiger partial charge is 0.336 e. The van der Waals surface area contributed by atoms with Crippen molar-refractivity contribution >= 4 is 53.5 Å². The fraction of sp³-hybridized carbons (Fsp3) is 0.407. The van der Waals surface area contributed by atoms with Gasteiger partial charge in [0.1, 0.15) is 11.6 Å². The topological polar surface area (TPSA) is 209 Å². The molecule has 13 nitrogen and oxygen atoms in total. The van der Waals surface area contributed by atoms with Crippen molar-refractivity contribution in [1.29, 1.82) is 0 Å². The summed E-state index contributed by atoms with van der Waals surface area (Å²) in [6.07, 6.45) is -2.43. The van der Waals surface area contributed by atoms with Gasteiger partial charge < -0.3 is 41.0 Å². The predicted octanol–water partition coefficient (Wildman–Crippen LogP) is 2.26. The Balaban J connectivity index is 0.000000562. The minimum atomic E-state index is -2.74. The number of nitrogens with zero attached hydrogens (tertiary/aromatic N) is 1. The number of amides is 1. The third kappa shape index (κ3) is 12.2. The SMILES string of the molecule is CCOc1cc(N)c(Cl)cc1C(=O)NCC1CN(Cc2ccc(F)cc2)CCO1.Cl.O=C(O)CC(O)(CC(=O)O)C(=O)O. The van der Waals surface area contributed by atoms with Crippen molar-refractivity contribution in [2.24, 2.45) is 0 Å². The summed E-state index contributed by atoms with van der Waals surface area (Å²) in [5.41, 5.74) is 4.80. The van der Waals surface area contributed by atoms with Crippen LogP contribution in [0.3, 0.4) is 0 Å². The highest BCUT2D eigenvalue weighted by molar-refractivity contribution is 6.33. The quantitative estimate of drug-likeness (QED) is 0.183. The van der Waals surface area contributed by atoms with E-state index in [0.717, 1.165) is 12.1 Å². The minimum absolute atomic E-state index is 0. The molecule has 0 aromatic heterocycles. The number of rotatable bonds is 12. The average molecular weight is 650 g/mol. The van der Waals surface area contributed by atoms with Crippen LogP contribution in [0, 0.1) is 5.82 Å². The molecule has 0 bridgehead atoms. The molecule has 1 fully saturated rings. The number of carboxylic acids is 3. The van der Waals surface area contributed by atoms with Gasteiger partial charge in [-0.2, -0.15) is 0 Å². The van der Waals surface area contributed by atoms with Crippen molar-refractivity contribution in [3.8, 4) is 5.75 Å². The Hall–Kier alpha value is -3.69. The van der Waals surface area contributed by atoms with Gasteiger partial charge in [-0.1, -0.05) is 23.7 Å². The minimum Gasteiger partial charge on any atom is -0.493 e. The van der Waals surface area contributed by atoms with Gasteiger partial charge in [-0.05, 0) is 30.7 Å². The zero-order chi connectivity index (χ0) is 31.4. The number of carboxylic acid groups (broad SMARTS) is 3. The Morgan fingerprint density at radius 1 is 1.14 bits per heavy atom. The molecule has 1 amide bonds. The number of carbonyl (C=O) groups is 4. The second-order valence-electron chi connectivity index (χ2n) is 9.35. The van der Waals surface area contributed by atoms with Gasteiger partial charge in [-0.15, -0.1) is 12.4 Å². The van der Waals surface area contributed by atoms with Crippen molar-refractivity contribution < 1.29 is 53.5 Å². The normalized spacial score (nSPS) is 14.8. The van der Waals surface area contributed by atoms with Crippen molar-refractivity contribution in [2.75, 3.05) is 38.6 Å². The first-order valence-corrected chi connectivity index (χ1v) is 13.1. The van der Waals surface area contributed by atoms with E-state index in [1.165, 1.54) is 18.2 Å². The number of hydrogen-bond acceptors (Lipinski definition) is 9. The standard InChI is InChI=1S/C21H25ClFN3O3.C6H8O7.ClH/c1-2-28-20-10-19(24)18(22)9-17(20)21(27)25-11-16-13-26(7-8-29-16)12-14-3-5-15(23)6-4-14;7-3(8)1-6(13,5(11)12)2-4(9)10;/h3-6,9-10,16H,2,7-8,11-13,24H2,1H3,(H,25,27);13H,1-2H2,(H,7,8)(H,9,10)(H,11,12);1H. The van der Waals surface area contributed by atoms with Crippen LogP contribution in [0.25, 0.3) is 0 Å². The van der Waals surface area contributed by atoms with Crippen molar-refractivity contribution in [3.05, 3.63) is 58.4 Å². The number of ether oxygens (including phenoxy) is 2. The van der Waals surface area contributed by atoms with E-state index in [0.29, 0.717) is 54.9 Å². The van der Waals surface area contributed by atoms with Gasteiger partial charge in [0.25, 0.3) is 5.91 Å². The highest BCUT2D eigenvalue weighted by atomic mass is 35.5. The molecule has 7 N–H and O–H groups in total. The van der Waals surface area contributed by atoms with Gasteiger partial charge >= 0.3 is 17.9 Å². The Morgan fingerprint density at radius 3 is 2.28 bits per heavy atom. The molecule has 0 spiro atoms. The number of hydrogen-bond donors (Lipinski definition) is 6. The van der Waals surface area contributed by atoms with Gasteiger partial charge in [0.05, 0.1) is 48.4 Å². The Labute approximate surface area is 257 Å². The molecule has 238 valence electrons. The van der Waals surface area contributed by atoms with E-state index in [-0.39, 0.29) is 30.2 Å². The molecule has 1 saturated heterocycles. The first-order valence-electron chi connectivity index (χ1n) is 12.7. The molecule has 2 aromatic carbocycles. The van der Waals surface area contributed by atoms with Crippen LogP contribution in [0.4, 0.5) is 10.1 Å². The number of anilines is 1.